The monoisotopic (exact) mass is 439 g/mol. The Kier molecular flexibility index (Phi) is 5.29. The lowest BCUT2D eigenvalue weighted by Crippen LogP contribution is -2.30. The average molecular weight is 440 g/mol. The Morgan fingerprint density at radius 3 is 2.44 bits per heavy atom. The van der Waals surface area contributed by atoms with Crippen molar-refractivity contribution >= 4 is 32.6 Å². The number of benzene rings is 3. The molecule has 5 aromatic rings. The summed E-state index contributed by atoms with van der Waals surface area (Å²) in [5.74, 6) is 0.317. The number of anilines is 1. The van der Waals surface area contributed by atoms with Crippen molar-refractivity contribution in [1.29, 1.82) is 0 Å². The number of amides is 1. The first-order chi connectivity index (χ1) is 15.6. The summed E-state index contributed by atoms with van der Waals surface area (Å²) >= 11 is 1.51. The molecule has 0 saturated heterocycles. The van der Waals surface area contributed by atoms with Crippen LogP contribution in [0, 0.1) is 13.8 Å². The molecule has 0 radical (unpaired) electrons. The fourth-order valence-corrected chi connectivity index (χ4v) is 4.60. The molecule has 2 aromatic heterocycles. The summed E-state index contributed by atoms with van der Waals surface area (Å²) in [5.41, 5.74) is 5.39. The van der Waals surface area contributed by atoms with Crippen molar-refractivity contribution < 1.29 is 9.32 Å². The second-order valence-corrected chi connectivity index (χ2v) is 8.68. The van der Waals surface area contributed by atoms with Crippen LogP contribution in [-0.4, -0.2) is 16.0 Å². The molecule has 0 N–H and O–H groups in total. The number of hydrogen-bond donors (Lipinski definition) is 0. The van der Waals surface area contributed by atoms with E-state index in [1.807, 2.05) is 60.7 Å². The standard InChI is InChI=1S/C26H21N3O2S/c1-17-13-14-23-24(18(17)2)27-26(32-23)29(16-19-9-5-3-6-10-19)25(30)21-15-22(31-28-21)20-11-7-4-8-12-20/h3-15H,16H2,1-2H3. The van der Waals surface area contributed by atoms with E-state index in [1.54, 1.807) is 11.0 Å². The fraction of sp³-hybridized carbons (Fsp3) is 0.115. The molecule has 0 bridgehead atoms. The normalized spacial score (nSPS) is 11.1. The summed E-state index contributed by atoms with van der Waals surface area (Å²) < 4.78 is 6.54. The van der Waals surface area contributed by atoms with Crippen molar-refractivity contribution in [2.75, 3.05) is 4.90 Å². The molecule has 0 aliphatic carbocycles. The van der Waals surface area contributed by atoms with E-state index >= 15 is 0 Å². The zero-order chi connectivity index (χ0) is 22.1. The quantitative estimate of drug-likeness (QED) is 0.317. The van der Waals surface area contributed by atoms with Gasteiger partial charge < -0.3 is 4.52 Å². The third kappa shape index (κ3) is 3.81. The van der Waals surface area contributed by atoms with Gasteiger partial charge in [-0.2, -0.15) is 0 Å². The predicted octanol–water partition coefficient (Wildman–Crippen LogP) is 6.42. The van der Waals surface area contributed by atoms with Crippen LogP contribution in [-0.2, 0) is 6.54 Å². The highest BCUT2D eigenvalue weighted by molar-refractivity contribution is 7.22. The minimum Gasteiger partial charge on any atom is -0.355 e. The maximum atomic E-state index is 13.6. The number of rotatable bonds is 5. The first kappa shape index (κ1) is 20.2. The fourth-order valence-electron chi connectivity index (χ4n) is 3.57. The van der Waals surface area contributed by atoms with E-state index in [0.29, 0.717) is 17.4 Å². The van der Waals surface area contributed by atoms with Gasteiger partial charge in [0.2, 0.25) is 0 Å². The number of carbonyl (C=O) groups excluding carboxylic acids is 1. The first-order valence-electron chi connectivity index (χ1n) is 10.3. The summed E-state index contributed by atoms with van der Waals surface area (Å²) in [7, 11) is 0. The van der Waals surface area contributed by atoms with Gasteiger partial charge in [-0.05, 0) is 36.6 Å². The van der Waals surface area contributed by atoms with Gasteiger partial charge in [-0.15, -0.1) is 0 Å². The molecule has 3 aromatic carbocycles. The Morgan fingerprint density at radius 1 is 0.969 bits per heavy atom. The van der Waals surface area contributed by atoms with Gasteiger partial charge in [0.25, 0.3) is 5.91 Å². The highest BCUT2D eigenvalue weighted by atomic mass is 32.1. The Balaban J connectivity index is 1.55. The molecular weight excluding hydrogens is 418 g/mol. The molecule has 32 heavy (non-hydrogen) atoms. The van der Waals surface area contributed by atoms with Gasteiger partial charge in [0.15, 0.2) is 16.6 Å². The van der Waals surface area contributed by atoms with Gasteiger partial charge in [-0.3, -0.25) is 9.69 Å². The van der Waals surface area contributed by atoms with E-state index in [1.165, 1.54) is 16.9 Å². The molecule has 0 atom stereocenters. The summed E-state index contributed by atoms with van der Waals surface area (Å²) in [4.78, 5) is 20.1. The van der Waals surface area contributed by atoms with Crippen molar-refractivity contribution in [1.82, 2.24) is 10.1 Å². The van der Waals surface area contributed by atoms with Gasteiger partial charge >= 0.3 is 0 Å². The number of nitrogens with zero attached hydrogens (tertiary/aromatic N) is 3. The van der Waals surface area contributed by atoms with E-state index in [4.69, 9.17) is 9.51 Å². The third-order valence-corrected chi connectivity index (χ3v) is 6.56. The third-order valence-electron chi connectivity index (χ3n) is 5.52. The number of hydrogen-bond acceptors (Lipinski definition) is 5. The van der Waals surface area contributed by atoms with Crippen LogP contribution in [0.25, 0.3) is 21.5 Å². The van der Waals surface area contributed by atoms with Crippen LogP contribution in [0.15, 0.2) is 83.4 Å². The largest absolute Gasteiger partial charge is 0.355 e. The molecule has 5 rings (SSSR count). The number of aromatic nitrogens is 2. The molecule has 0 fully saturated rings. The van der Waals surface area contributed by atoms with Gasteiger partial charge in [0.05, 0.1) is 16.8 Å². The van der Waals surface area contributed by atoms with E-state index in [0.717, 1.165) is 26.9 Å². The van der Waals surface area contributed by atoms with Crippen molar-refractivity contribution in [3.63, 3.8) is 0 Å². The predicted molar refractivity (Wildman–Crippen MR) is 128 cm³/mol. The molecule has 158 valence electrons. The van der Waals surface area contributed by atoms with Crippen molar-refractivity contribution in [2.24, 2.45) is 0 Å². The van der Waals surface area contributed by atoms with Crippen molar-refractivity contribution in [3.8, 4) is 11.3 Å². The van der Waals surface area contributed by atoms with Crippen LogP contribution < -0.4 is 4.90 Å². The summed E-state index contributed by atoms with van der Waals surface area (Å²) in [5, 5.41) is 4.72. The zero-order valence-corrected chi connectivity index (χ0v) is 18.6. The lowest BCUT2D eigenvalue weighted by atomic mass is 10.1. The minimum absolute atomic E-state index is 0.242. The second-order valence-electron chi connectivity index (χ2n) is 7.67. The van der Waals surface area contributed by atoms with Crippen molar-refractivity contribution in [3.05, 3.63) is 101 Å². The van der Waals surface area contributed by atoms with Gasteiger partial charge in [-0.25, -0.2) is 4.98 Å². The van der Waals surface area contributed by atoms with E-state index < -0.39 is 0 Å². The Morgan fingerprint density at radius 2 is 1.69 bits per heavy atom. The number of fused-ring (bicyclic) bond motifs is 1. The SMILES string of the molecule is Cc1ccc2sc(N(Cc3ccccc3)C(=O)c3cc(-c4ccccc4)on3)nc2c1C. The molecule has 0 aliphatic heterocycles. The smallest absolute Gasteiger partial charge is 0.282 e. The molecule has 0 spiro atoms. The summed E-state index contributed by atoms with van der Waals surface area (Å²) in [6, 6.07) is 25.4. The Bertz CT molecular complexity index is 1390. The number of carbonyl (C=O) groups is 1. The number of thiazole rings is 1. The van der Waals surface area contributed by atoms with Crippen LogP contribution in [0.2, 0.25) is 0 Å². The van der Waals surface area contributed by atoms with Crippen LogP contribution in [0.1, 0.15) is 27.2 Å². The lowest BCUT2D eigenvalue weighted by Gasteiger charge is -2.18. The van der Waals surface area contributed by atoms with E-state index in [2.05, 4.69) is 31.1 Å². The summed E-state index contributed by atoms with van der Waals surface area (Å²) in [6.07, 6.45) is 0. The maximum Gasteiger partial charge on any atom is 0.282 e. The van der Waals surface area contributed by atoms with Crippen LogP contribution >= 0.6 is 11.3 Å². The molecule has 0 saturated carbocycles. The topological polar surface area (TPSA) is 59.2 Å². The minimum atomic E-state index is -0.242. The van der Waals surface area contributed by atoms with Gasteiger partial charge in [0, 0.05) is 11.6 Å². The molecule has 0 aliphatic rings. The average Bonchev–Trinajstić information content (AvgIpc) is 3.49. The van der Waals surface area contributed by atoms with Gasteiger partial charge in [-0.1, -0.05) is 83.2 Å². The Labute approximate surface area is 189 Å². The number of aryl methyl sites for hydroxylation is 2. The molecule has 6 heteroatoms. The lowest BCUT2D eigenvalue weighted by molar-refractivity contribution is 0.0976. The van der Waals surface area contributed by atoms with Crippen LogP contribution in [0.4, 0.5) is 5.13 Å². The molecular formula is C26H21N3O2S. The van der Waals surface area contributed by atoms with Crippen LogP contribution in [0.3, 0.4) is 0 Å². The second kappa shape index (κ2) is 8.40. The molecule has 5 nitrogen and oxygen atoms in total. The van der Waals surface area contributed by atoms with E-state index in [9.17, 15) is 4.79 Å². The highest BCUT2D eigenvalue weighted by Crippen LogP contribution is 2.33. The maximum absolute atomic E-state index is 13.6. The molecule has 2 heterocycles. The zero-order valence-electron chi connectivity index (χ0n) is 17.8. The van der Waals surface area contributed by atoms with Crippen LogP contribution in [0.5, 0.6) is 0 Å². The molecule has 0 unspecified atom stereocenters. The first-order valence-corrected chi connectivity index (χ1v) is 11.2. The highest BCUT2D eigenvalue weighted by Gasteiger charge is 2.25. The van der Waals surface area contributed by atoms with Crippen molar-refractivity contribution in [2.45, 2.75) is 20.4 Å². The molecule has 1 amide bonds. The van der Waals surface area contributed by atoms with E-state index in [-0.39, 0.29) is 11.6 Å². The van der Waals surface area contributed by atoms with Gasteiger partial charge in [0.1, 0.15) is 0 Å². The Hall–Kier alpha value is -3.77. The summed E-state index contributed by atoms with van der Waals surface area (Å²) in [6.45, 7) is 4.53.